The van der Waals surface area contributed by atoms with Crippen molar-refractivity contribution >= 4 is 17.9 Å². The molecule has 388 valence electrons. The van der Waals surface area contributed by atoms with Crippen molar-refractivity contribution in [3.05, 3.63) is 60.8 Å². The summed E-state index contributed by atoms with van der Waals surface area (Å²) in [5.74, 6) is -1.73. The van der Waals surface area contributed by atoms with Crippen LogP contribution in [-0.4, -0.2) is 75.5 Å². The maximum Gasteiger partial charge on any atom is 0.306 e. The molecule has 0 fully saturated rings. The molecule has 0 spiro atoms. The molecule has 0 amide bonds. The average molecular weight is 940 g/mol. The van der Waals surface area contributed by atoms with Gasteiger partial charge in [-0.15, -0.1) is 0 Å². The van der Waals surface area contributed by atoms with E-state index in [-0.39, 0.29) is 42.7 Å². The van der Waals surface area contributed by atoms with Crippen LogP contribution in [0, 0.1) is 0 Å². The fourth-order valence-corrected chi connectivity index (χ4v) is 8.12. The SMILES string of the molecule is CC/C=C/C/C=C/CCCCCCCCCCCCCCCCC(=O)OC(COCCC(C(=O)[O-])[N+](C)(C)C)COC(=O)CCCCCCCCCCC/C=C/C/C=C/C/C=C/CCCCC. The van der Waals surface area contributed by atoms with Crippen LogP contribution in [0.5, 0.6) is 0 Å². The zero-order valence-corrected chi connectivity index (χ0v) is 44.3. The number of ether oxygens (including phenoxy) is 3. The maximum absolute atomic E-state index is 12.8. The summed E-state index contributed by atoms with van der Waals surface area (Å²) >= 11 is 0. The Labute approximate surface area is 413 Å². The highest BCUT2D eigenvalue weighted by atomic mass is 16.6. The molecule has 0 saturated heterocycles. The Balaban J connectivity index is 4.19. The first kappa shape index (κ1) is 64.0. The molecule has 8 nitrogen and oxygen atoms in total. The number of rotatable bonds is 50. The first-order valence-electron chi connectivity index (χ1n) is 27.8. The van der Waals surface area contributed by atoms with Crippen LogP contribution < -0.4 is 5.11 Å². The first-order chi connectivity index (χ1) is 32.6. The van der Waals surface area contributed by atoms with Gasteiger partial charge in [-0.25, -0.2) is 0 Å². The Hall–Kier alpha value is -2.97. The molecule has 0 rings (SSSR count). The van der Waals surface area contributed by atoms with E-state index in [1.165, 1.54) is 141 Å². The van der Waals surface area contributed by atoms with Gasteiger partial charge in [-0.1, -0.05) is 209 Å². The Bertz CT molecular complexity index is 1280. The highest BCUT2D eigenvalue weighted by Gasteiger charge is 2.25. The molecule has 8 heteroatoms. The summed E-state index contributed by atoms with van der Waals surface area (Å²) in [7, 11) is 5.42. The third-order valence-electron chi connectivity index (χ3n) is 12.4. The van der Waals surface area contributed by atoms with Gasteiger partial charge in [-0.3, -0.25) is 9.59 Å². The Kier molecular flexibility index (Phi) is 47.3. The number of carboxylic acid groups (broad SMARTS) is 1. The summed E-state index contributed by atoms with van der Waals surface area (Å²) in [6.45, 7) is 4.56. The number of unbranched alkanes of at least 4 members (excludes halogenated alkanes) is 26. The first-order valence-corrected chi connectivity index (χ1v) is 27.8. The Morgan fingerprint density at radius 3 is 1.24 bits per heavy atom. The second kappa shape index (κ2) is 49.5. The molecule has 0 saturated carbocycles. The fraction of sp³-hybridized carbons (Fsp3) is 0.780. The van der Waals surface area contributed by atoms with Crippen LogP contribution in [0.3, 0.4) is 0 Å². The molecule has 0 aliphatic carbocycles. The van der Waals surface area contributed by atoms with Crippen LogP contribution in [0.25, 0.3) is 0 Å². The van der Waals surface area contributed by atoms with Gasteiger partial charge in [0.2, 0.25) is 0 Å². The molecule has 0 N–H and O–H groups in total. The van der Waals surface area contributed by atoms with Gasteiger partial charge in [0.05, 0.1) is 40.3 Å². The van der Waals surface area contributed by atoms with E-state index in [0.717, 1.165) is 70.6 Å². The van der Waals surface area contributed by atoms with E-state index in [1.54, 1.807) is 0 Å². The molecular formula is C59H105NO7. The number of carboxylic acids is 1. The molecule has 2 unspecified atom stereocenters. The number of esters is 2. The van der Waals surface area contributed by atoms with Crippen LogP contribution in [0.2, 0.25) is 0 Å². The van der Waals surface area contributed by atoms with Crippen molar-refractivity contribution < 1.29 is 38.2 Å². The van der Waals surface area contributed by atoms with Crippen LogP contribution >= 0.6 is 0 Å². The number of allylic oxidation sites excluding steroid dienone is 10. The number of aliphatic carboxylic acids is 1. The number of carbonyl (C=O) groups is 3. The van der Waals surface area contributed by atoms with E-state index in [4.69, 9.17) is 14.2 Å². The molecule has 0 aliphatic heterocycles. The zero-order valence-electron chi connectivity index (χ0n) is 44.3. The monoisotopic (exact) mass is 940 g/mol. The number of likely N-dealkylation sites (N-methyl/N-ethyl adjacent to an activating group) is 1. The van der Waals surface area contributed by atoms with Gasteiger partial charge in [-0.05, 0) is 77.0 Å². The van der Waals surface area contributed by atoms with E-state index in [2.05, 4.69) is 74.6 Å². The third-order valence-corrected chi connectivity index (χ3v) is 12.4. The van der Waals surface area contributed by atoms with Crippen LogP contribution in [0.4, 0.5) is 0 Å². The molecule has 0 radical (unpaired) electrons. The summed E-state index contributed by atoms with van der Waals surface area (Å²) < 4.78 is 17.3. The lowest BCUT2D eigenvalue weighted by Crippen LogP contribution is -2.55. The molecule has 0 aromatic carbocycles. The summed E-state index contributed by atoms with van der Waals surface area (Å²) in [5.41, 5.74) is 0. The third kappa shape index (κ3) is 47.9. The molecule has 0 bridgehead atoms. The normalized spacial score (nSPS) is 13.3. The fourth-order valence-electron chi connectivity index (χ4n) is 8.12. The molecule has 0 aliphatic rings. The summed E-state index contributed by atoms with van der Waals surface area (Å²) in [6, 6.07) is -0.729. The molecule has 0 aromatic rings. The van der Waals surface area contributed by atoms with E-state index < -0.39 is 18.1 Å². The van der Waals surface area contributed by atoms with Crippen molar-refractivity contribution in [3.63, 3.8) is 0 Å². The highest BCUT2D eigenvalue weighted by Crippen LogP contribution is 2.16. The van der Waals surface area contributed by atoms with Gasteiger partial charge in [0.1, 0.15) is 12.6 Å². The predicted octanol–water partition coefficient (Wildman–Crippen LogP) is 15.1. The number of hydrogen-bond acceptors (Lipinski definition) is 7. The van der Waals surface area contributed by atoms with Crippen molar-refractivity contribution in [3.8, 4) is 0 Å². The number of carbonyl (C=O) groups excluding carboxylic acids is 3. The Morgan fingerprint density at radius 2 is 0.836 bits per heavy atom. The maximum atomic E-state index is 12.8. The largest absolute Gasteiger partial charge is 0.544 e. The predicted molar refractivity (Wildman–Crippen MR) is 282 cm³/mol. The summed E-state index contributed by atoms with van der Waals surface area (Å²) in [6.07, 6.45) is 62.5. The minimum absolute atomic E-state index is 0.0389. The summed E-state index contributed by atoms with van der Waals surface area (Å²) in [5, 5.41) is 11.7. The van der Waals surface area contributed by atoms with E-state index in [9.17, 15) is 19.5 Å². The van der Waals surface area contributed by atoms with Crippen LogP contribution in [-0.2, 0) is 28.6 Å². The topological polar surface area (TPSA) is 102 Å². The lowest BCUT2D eigenvalue weighted by Gasteiger charge is -2.34. The van der Waals surface area contributed by atoms with Crippen LogP contribution in [0.1, 0.15) is 245 Å². The minimum atomic E-state index is -1.12. The smallest absolute Gasteiger partial charge is 0.306 e. The highest BCUT2D eigenvalue weighted by molar-refractivity contribution is 5.70. The van der Waals surface area contributed by atoms with Gasteiger partial charge < -0.3 is 28.6 Å². The second-order valence-electron chi connectivity index (χ2n) is 19.8. The van der Waals surface area contributed by atoms with Gasteiger partial charge in [0.25, 0.3) is 0 Å². The quantitative estimate of drug-likeness (QED) is 0.0259. The van der Waals surface area contributed by atoms with Crippen molar-refractivity contribution in [2.24, 2.45) is 0 Å². The standard InChI is InChI=1S/C59H105NO7/c1-6-8-10-12-14-16-18-20-22-24-26-28-30-31-33-35-37-39-41-43-45-47-49-57(61)66-54-55(53-65-52-51-56(59(63)64)60(3,4)5)67-58(62)50-48-46-44-42-40-38-36-34-32-29-27-25-23-21-19-17-15-13-11-9-7-2/h9,11,14-17,20,22,26,28,55-56H,6-8,10,12-13,18-19,21,23-25,27,29-54H2,1-5H3/b11-9+,16-14+,17-15+,22-20+,28-26+. The van der Waals surface area contributed by atoms with Crippen molar-refractivity contribution in [2.75, 3.05) is 41.0 Å². The molecule has 0 aromatic heterocycles. The average Bonchev–Trinajstić information content (AvgIpc) is 3.29. The van der Waals surface area contributed by atoms with Gasteiger partial charge in [0, 0.05) is 19.3 Å². The number of quaternary nitrogens is 1. The molecule has 2 atom stereocenters. The lowest BCUT2D eigenvalue weighted by molar-refractivity contribution is -0.889. The zero-order chi connectivity index (χ0) is 49.2. The van der Waals surface area contributed by atoms with E-state index >= 15 is 0 Å². The molecule has 0 heterocycles. The summed E-state index contributed by atoms with van der Waals surface area (Å²) in [4.78, 5) is 37.1. The van der Waals surface area contributed by atoms with Gasteiger partial charge in [0.15, 0.2) is 6.10 Å². The van der Waals surface area contributed by atoms with Gasteiger partial charge in [-0.2, -0.15) is 0 Å². The molecule has 67 heavy (non-hydrogen) atoms. The van der Waals surface area contributed by atoms with Gasteiger partial charge >= 0.3 is 11.9 Å². The van der Waals surface area contributed by atoms with E-state index in [0.29, 0.717) is 12.8 Å². The number of hydrogen-bond donors (Lipinski definition) is 0. The van der Waals surface area contributed by atoms with Crippen molar-refractivity contribution in [1.29, 1.82) is 0 Å². The second-order valence-corrected chi connectivity index (χ2v) is 19.8. The Morgan fingerprint density at radius 1 is 0.463 bits per heavy atom. The lowest BCUT2D eigenvalue weighted by atomic mass is 10.0. The van der Waals surface area contributed by atoms with Crippen molar-refractivity contribution in [1.82, 2.24) is 0 Å². The minimum Gasteiger partial charge on any atom is -0.544 e. The van der Waals surface area contributed by atoms with Crippen LogP contribution in [0.15, 0.2) is 60.8 Å². The van der Waals surface area contributed by atoms with E-state index in [1.807, 2.05) is 21.1 Å². The molecular weight excluding hydrogens is 835 g/mol. The van der Waals surface area contributed by atoms with Crippen molar-refractivity contribution in [2.45, 2.75) is 257 Å². The number of nitrogens with zero attached hydrogens (tertiary/aromatic N) is 1.